The molecule has 5 heteroatoms. The lowest BCUT2D eigenvalue weighted by Gasteiger charge is -2.07. The maximum atomic E-state index is 13.5. The fraction of sp³-hybridized carbons (Fsp3) is 0.211. The van der Waals surface area contributed by atoms with Gasteiger partial charge in [-0.05, 0) is 48.4 Å². The molecular formula is C19H19FN2O2. The van der Waals surface area contributed by atoms with E-state index in [1.165, 1.54) is 12.1 Å². The van der Waals surface area contributed by atoms with Crippen molar-refractivity contribution in [2.45, 2.75) is 19.9 Å². The van der Waals surface area contributed by atoms with Gasteiger partial charge >= 0.3 is 0 Å². The van der Waals surface area contributed by atoms with E-state index in [4.69, 9.17) is 4.74 Å². The fourth-order valence-electron chi connectivity index (χ4n) is 2.79. The Labute approximate surface area is 139 Å². The Morgan fingerprint density at radius 2 is 2.08 bits per heavy atom. The highest BCUT2D eigenvalue weighted by Gasteiger charge is 2.13. The molecule has 1 amide bonds. The molecule has 0 radical (unpaired) electrons. The Morgan fingerprint density at radius 3 is 2.88 bits per heavy atom. The lowest BCUT2D eigenvalue weighted by molar-refractivity contribution is -0.120. The van der Waals surface area contributed by atoms with E-state index in [-0.39, 0.29) is 18.1 Å². The number of carbonyl (C=O) groups is 1. The number of fused-ring (bicyclic) bond motifs is 1. The number of aromatic nitrogens is 1. The number of carbonyl (C=O) groups excluding carboxylic acids is 1. The molecule has 2 aromatic carbocycles. The molecule has 0 aliphatic rings. The number of ether oxygens (including phenoxy) is 1. The molecule has 0 aliphatic carbocycles. The zero-order valence-corrected chi connectivity index (χ0v) is 13.7. The summed E-state index contributed by atoms with van der Waals surface area (Å²) in [6, 6.07) is 12.1. The molecule has 0 bridgehead atoms. The average molecular weight is 326 g/mol. The molecule has 0 fully saturated rings. The predicted molar refractivity (Wildman–Crippen MR) is 91.5 cm³/mol. The second-order valence-corrected chi connectivity index (χ2v) is 5.72. The zero-order chi connectivity index (χ0) is 17.1. The minimum atomic E-state index is -0.306. The van der Waals surface area contributed by atoms with Crippen molar-refractivity contribution >= 4 is 16.8 Å². The molecule has 0 atom stereocenters. The third kappa shape index (κ3) is 3.40. The summed E-state index contributed by atoms with van der Waals surface area (Å²) in [7, 11) is 1.61. The first kappa shape index (κ1) is 16.1. The number of hydrogen-bond donors (Lipinski definition) is 2. The number of halogens is 1. The smallest absolute Gasteiger partial charge is 0.224 e. The van der Waals surface area contributed by atoms with Gasteiger partial charge in [-0.25, -0.2) is 4.39 Å². The number of benzene rings is 2. The Balaban J connectivity index is 1.71. The maximum absolute atomic E-state index is 13.5. The van der Waals surface area contributed by atoms with Gasteiger partial charge in [0.15, 0.2) is 0 Å². The zero-order valence-electron chi connectivity index (χ0n) is 13.7. The molecule has 0 saturated carbocycles. The summed E-state index contributed by atoms with van der Waals surface area (Å²) in [5.41, 5.74) is 3.51. The van der Waals surface area contributed by atoms with Gasteiger partial charge < -0.3 is 15.0 Å². The molecule has 0 aliphatic heterocycles. The Morgan fingerprint density at radius 1 is 1.25 bits per heavy atom. The van der Waals surface area contributed by atoms with E-state index in [1.54, 1.807) is 13.2 Å². The van der Waals surface area contributed by atoms with Gasteiger partial charge in [0.2, 0.25) is 5.91 Å². The Hall–Kier alpha value is -2.82. The second kappa shape index (κ2) is 6.74. The van der Waals surface area contributed by atoms with Crippen molar-refractivity contribution in [3.05, 3.63) is 65.1 Å². The van der Waals surface area contributed by atoms with E-state index in [0.29, 0.717) is 6.54 Å². The molecule has 0 saturated heterocycles. The van der Waals surface area contributed by atoms with Crippen molar-refractivity contribution in [2.75, 3.05) is 7.11 Å². The van der Waals surface area contributed by atoms with Crippen molar-refractivity contribution in [3.8, 4) is 5.75 Å². The van der Waals surface area contributed by atoms with Crippen molar-refractivity contribution < 1.29 is 13.9 Å². The van der Waals surface area contributed by atoms with Crippen molar-refractivity contribution in [2.24, 2.45) is 0 Å². The van der Waals surface area contributed by atoms with Crippen molar-refractivity contribution in [1.29, 1.82) is 0 Å². The molecule has 2 N–H and O–H groups in total. The first-order valence-electron chi connectivity index (χ1n) is 7.73. The fourth-order valence-corrected chi connectivity index (χ4v) is 2.79. The van der Waals surface area contributed by atoms with Crippen LogP contribution in [0.25, 0.3) is 10.9 Å². The van der Waals surface area contributed by atoms with Gasteiger partial charge in [-0.3, -0.25) is 4.79 Å². The number of aryl methyl sites for hydroxylation is 1. The molecule has 0 spiro atoms. The number of hydrogen-bond acceptors (Lipinski definition) is 2. The number of amides is 1. The van der Waals surface area contributed by atoms with Crippen LogP contribution in [0.15, 0.2) is 42.5 Å². The van der Waals surface area contributed by atoms with Gasteiger partial charge in [-0.2, -0.15) is 0 Å². The van der Waals surface area contributed by atoms with Crippen LogP contribution in [-0.2, 0) is 17.8 Å². The average Bonchev–Trinajstić information content (AvgIpc) is 2.88. The van der Waals surface area contributed by atoms with E-state index < -0.39 is 0 Å². The van der Waals surface area contributed by atoms with Crippen LogP contribution < -0.4 is 10.1 Å². The van der Waals surface area contributed by atoms with Gasteiger partial charge in [0, 0.05) is 23.1 Å². The summed E-state index contributed by atoms with van der Waals surface area (Å²) in [4.78, 5) is 15.5. The lowest BCUT2D eigenvalue weighted by Crippen LogP contribution is -2.24. The van der Waals surface area contributed by atoms with Gasteiger partial charge in [0.1, 0.15) is 11.6 Å². The monoisotopic (exact) mass is 326 g/mol. The van der Waals surface area contributed by atoms with Crippen LogP contribution in [0.1, 0.15) is 16.8 Å². The Kier molecular flexibility index (Phi) is 4.51. The highest BCUT2D eigenvalue weighted by molar-refractivity contribution is 5.90. The molecule has 1 aromatic heterocycles. The van der Waals surface area contributed by atoms with Gasteiger partial charge in [0.05, 0.1) is 13.5 Å². The van der Waals surface area contributed by atoms with Gasteiger partial charge in [-0.1, -0.05) is 12.1 Å². The van der Waals surface area contributed by atoms with E-state index in [9.17, 15) is 9.18 Å². The van der Waals surface area contributed by atoms with Crippen LogP contribution in [-0.4, -0.2) is 18.0 Å². The van der Waals surface area contributed by atoms with Crippen molar-refractivity contribution in [1.82, 2.24) is 10.3 Å². The first-order chi connectivity index (χ1) is 11.6. The highest BCUT2D eigenvalue weighted by Crippen LogP contribution is 2.23. The van der Waals surface area contributed by atoms with Crippen LogP contribution >= 0.6 is 0 Å². The molecule has 1 heterocycles. The standard InChI is InChI=1S/C19H19FN2O2/c1-12-16(17-9-14(20)6-7-18(17)22-12)10-19(23)21-11-13-4-3-5-15(8-13)24-2/h3-9,22H,10-11H2,1-2H3,(H,21,23). The van der Waals surface area contributed by atoms with Crippen molar-refractivity contribution in [3.63, 3.8) is 0 Å². The minimum Gasteiger partial charge on any atom is -0.497 e. The van der Waals surface area contributed by atoms with Gasteiger partial charge in [0.25, 0.3) is 0 Å². The van der Waals surface area contributed by atoms with E-state index in [0.717, 1.165) is 33.5 Å². The van der Waals surface area contributed by atoms with E-state index in [2.05, 4.69) is 10.3 Å². The SMILES string of the molecule is COc1cccc(CNC(=O)Cc2c(C)[nH]c3ccc(F)cc23)c1. The largest absolute Gasteiger partial charge is 0.497 e. The minimum absolute atomic E-state index is 0.105. The number of nitrogens with one attached hydrogen (secondary N) is 2. The first-order valence-corrected chi connectivity index (χ1v) is 7.73. The van der Waals surface area contributed by atoms with E-state index >= 15 is 0 Å². The molecule has 3 aromatic rings. The number of aromatic amines is 1. The third-order valence-corrected chi connectivity index (χ3v) is 4.04. The van der Waals surface area contributed by atoms with Crippen LogP contribution in [0.2, 0.25) is 0 Å². The van der Waals surface area contributed by atoms with Crippen LogP contribution in [0.4, 0.5) is 4.39 Å². The van der Waals surface area contributed by atoms with Gasteiger partial charge in [-0.15, -0.1) is 0 Å². The van der Waals surface area contributed by atoms with Crippen LogP contribution in [0.3, 0.4) is 0 Å². The topological polar surface area (TPSA) is 54.1 Å². The highest BCUT2D eigenvalue weighted by atomic mass is 19.1. The molecule has 24 heavy (non-hydrogen) atoms. The van der Waals surface area contributed by atoms with Crippen LogP contribution in [0.5, 0.6) is 5.75 Å². The summed E-state index contributed by atoms with van der Waals surface area (Å²) in [6.45, 7) is 2.31. The summed E-state index contributed by atoms with van der Waals surface area (Å²) in [5.74, 6) is 0.343. The molecule has 4 nitrogen and oxygen atoms in total. The summed E-state index contributed by atoms with van der Waals surface area (Å²) in [5, 5.41) is 3.65. The normalized spacial score (nSPS) is 10.8. The molecular weight excluding hydrogens is 307 g/mol. The quantitative estimate of drug-likeness (QED) is 0.754. The molecule has 3 rings (SSSR count). The van der Waals surface area contributed by atoms with Crippen LogP contribution in [0, 0.1) is 12.7 Å². The number of methoxy groups -OCH3 is 1. The predicted octanol–water partition coefficient (Wildman–Crippen LogP) is 3.48. The lowest BCUT2D eigenvalue weighted by atomic mass is 10.1. The third-order valence-electron chi connectivity index (χ3n) is 4.04. The van der Waals surface area contributed by atoms with E-state index in [1.807, 2.05) is 31.2 Å². The second-order valence-electron chi connectivity index (χ2n) is 5.72. The Bertz CT molecular complexity index is 886. The number of H-pyrrole nitrogens is 1. The molecule has 124 valence electrons. The summed E-state index contributed by atoms with van der Waals surface area (Å²) >= 11 is 0. The summed E-state index contributed by atoms with van der Waals surface area (Å²) in [6.07, 6.45) is 0.208. The summed E-state index contributed by atoms with van der Waals surface area (Å²) < 4.78 is 18.6. The molecule has 0 unspecified atom stereocenters. The maximum Gasteiger partial charge on any atom is 0.224 e. The number of rotatable bonds is 5.